The molecular formula is C21H28N2O3. The normalized spacial score (nSPS) is 25.7. The number of Topliss-reactive ketones (excluding diaryl/α,β-unsaturated/α-hetero) is 1. The Bertz CT molecular complexity index is 743. The number of urea groups is 1. The van der Waals surface area contributed by atoms with Crippen molar-refractivity contribution >= 4 is 17.7 Å². The summed E-state index contributed by atoms with van der Waals surface area (Å²) >= 11 is 0. The van der Waals surface area contributed by atoms with Gasteiger partial charge in [0, 0.05) is 5.56 Å². The Morgan fingerprint density at radius 1 is 1.23 bits per heavy atom. The number of imide groups is 1. The average Bonchev–Trinajstić information content (AvgIpc) is 2.88. The highest BCUT2D eigenvalue weighted by Crippen LogP contribution is 2.38. The lowest BCUT2D eigenvalue weighted by molar-refractivity contribution is -0.133. The van der Waals surface area contributed by atoms with E-state index in [4.69, 9.17) is 0 Å². The molecule has 5 heteroatoms. The predicted octanol–water partition coefficient (Wildman–Crippen LogP) is 3.49. The number of benzene rings is 1. The van der Waals surface area contributed by atoms with Gasteiger partial charge >= 0.3 is 6.03 Å². The number of nitrogens with zero attached hydrogens (tertiary/aromatic N) is 1. The van der Waals surface area contributed by atoms with Gasteiger partial charge in [-0.15, -0.1) is 0 Å². The molecule has 0 radical (unpaired) electrons. The molecule has 1 aromatic rings. The minimum Gasteiger partial charge on any atom is -0.323 e. The Morgan fingerprint density at radius 2 is 2.00 bits per heavy atom. The summed E-state index contributed by atoms with van der Waals surface area (Å²) in [5.74, 6) is -0.295. The van der Waals surface area contributed by atoms with Crippen LogP contribution in [0.15, 0.2) is 18.2 Å². The molecule has 3 amide bonds. The van der Waals surface area contributed by atoms with Crippen LogP contribution in [0.5, 0.6) is 0 Å². The third-order valence-electron chi connectivity index (χ3n) is 6.07. The number of ketones is 1. The van der Waals surface area contributed by atoms with E-state index in [0.29, 0.717) is 12.0 Å². The number of rotatable bonds is 5. The lowest BCUT2D eigenvalue weighted by Gasteiger charge is -2.36. The fraction of sp³-hybridized carbons (Fsp3) is 0.571. The van der Waals surface area contributed by atoms with E-state index in [1.807, 2.05) is 39.0 Å². The molecule has 2 fully saturated rings. The molecular weight excluding hydrogens is 328 g/mol. The van der Waals surface area contributed by atoms with E-state index in [9.17, 15) is 14.4 Å². The number of hydrogen-bond donors (Lipinski definition) is 1. The summed E-state index contributed by atoms with van der Waals surface area (Å²) in [6.45, 7) is 5.88. The fourth-order valence-corrected chi connectivity index (χ4v) is 4.28. The van der Waals surface area contributed by atoms with E-state index in [1.54, 1.807) is 0 Å². The molecule has 1 aliphatic carbocycles. The topological polar surface area (TPSA) is 66.5 Å². The van der Waals surface area contributed by atoms with Crippen molar-refractivity contribution in [1.82, 2.24) is 10.2 Å². The first-order valence-electron chi connectivity index (χ1n) is 9.72. The second kappa shape index (κ2) is 7.22. The van der Waals surface area contributed by atoms with Crippen molar-refractivity contribution in [3.05, 3.63) is 34.9 Å². The van der Waals surface area contributed by atoms with E-state index in [0.717, 1.165) is 48.1 Å². The van der Waals surface area contributed by atoms with Gasteiger partial charge in [0.15, 0.2) is 5.78 Å². The second-order valence-corrected chi connectivity index (χ2v) is 7.56. The molecule has 0 bridgehead atoms. The van der Waals surface area contributed by atoms with Crippen molar-refractivity contribution in [1.29, 1.82) is 0 Å². The predicted molar refractivity (Wildman–Crippen MR) is 100 cm³/mol. The van der Waals surface area contributed by atoms with Crippen LogP contribution in [0, 0.1) is 5.92 Å². The van der Waals surface area contributed by atoms with Crippen LogP contribution in [-0.4, -0.2) is 34.7 Å². The van der Waals surface area contributed by atoms with E-state index in [2.05, 4.69) is 5.32 Å². The van der Waals surface area contributed by atoms with Crippen molar-refractivity contribution in [2.45, 2.75) is 64.8 Å². The Balaban J connectivity index is 1.84. The van der Waals surface area contributed by atoms with E-state index >= 15 is 0 Å². The van der Waals surface area contributed by atoms with Crippen LogP contribution in [0.3, 0.4) is 0 Å². The van der Waals surface area contributed by atoms with Crippen LogP contribution >= 0.6 is 0 Å². The van der Waals surface area contributed by atoms with Gasteiger partial charge in [0.25, 0.3) is 5.91 Å². The molecule has 1 aliphatic heterocycles. The van der Waals surface area contributed by atoms with Crippen LogP contribution in [0.4, 0.5) is 4.79 Å². The number of nitrogens with one attached hydrogen (secondary N) is 1. The van der Waals surface area contributed by atoms with Gasteiger partial charge in [0.1, 0.15) is 5.54 Å². The van der Waals surface area contributed by atoms with Gasteiger partial charge in [-0.1, -0.05) is 45.7 Å². The number of carbonyl (C=O) groups excluding carboxylic acids is 3. The van der Waals surface area contributed by atoms with Gasteiger partial charge < -0.3 is 5.32 Å². The van der Waals surface area contributed by atoms with Gasteiger partial charge in [-0.2, -0.15) is 0 Å². The first-order chi connectivity index (χ1) is 12.4. The zero-order chi connectivity index (χ0) is 18.9. The number of amides is 3. The van der Waals surface area contributed by atoms with Crippen molar-refractivity contribution in [3.8, 4) is 0 Å². The largest absolute Gasteiger partial charge is 0.325 e. The summed E-state index contributed by atoms with van der Waals surface area (Å²) in [6.07, 6.45) is 5.17. The van der Waals surface area contributed by atoms with Crippen LogP contribution in [0.2, 0.25) is 0 Å². The number of aryl methyl sites for hydroxylation is 2. The van der Waals surface area contributed by atoms with Crippen molar-refractivity contribution in [2.24, 2.45) is 5.92 Å². The van der Waals surface area contributed by atoms with Gasteiger partial charge in [-0.05, 0) is 48.8 Å². The lowest BCUT2D eigenvalue weighted by atomic mass is 9.73. The molecule has 1 saturated heterocycles. The van der Waals surface area contributed by atoms with Crippen LogP contribution in [0.25, 0.3) is 0 Å². The maximum absolute atomic E-state index is 13.0. The Labute approximate surface area is 155 Å². The molecule has 2 atom stereocenters. The lowest BCUT2D eigenvalue weighted by Crippen LogP contribution is -2.54. The molecule has 26 heavy (non-hydrogen) atoms. The van der Waals surface area contributed by atoms with Crippen LogP contribution in [0.1, 0.15) is 67.9 Å². The van der Waals surface area contributed by atoms with Crippen LogP contribution in [-0.2, 0) is 17.6 Å². The quantitative estimate of drug-likeness (QED) is 0.649. The highest BCUT2D eigenvalue weighted by atomic mass is 16.2. The summed E-state index contributed by atoms with van der Waals surface area (Å²) in [5.41, 5.74) is 1.86. The number of carbonyl (C=O) groups is 3. The number of hydrogen-bond acceptors (Lipinski definition) is 3. The van der Waals surface area contributed by atoms with Gasteiger partial charge in [0.2, 0.25) is 0 Å². The summed E-state index contributed by atoms with van der Waals surface area (Å²) in [7, 11) is 0. The summed E-state index contributed by atoms with van der Waals surface area (Å²) in [4.78, 5) is 39.6. The van der Waals surface area contributed by atoms with E-state index < -0.39 is 11.6 Å². The monoisotopic (exact) mass is 356 g/mol. The standard InChI is InChI=1S/C21H28N2O3/c1-4-15-9-10-16(5-2)17(12-15)18(24)13-23-19(25)21(22-20(23)26)11-7-6-8-14(21)3/h9-10,12,14H,4-8,11,13H2,1-3H3,(H,22,26)/t14-,21+/m0/s1. The molecule has 140 valence electrons. The molecule has 1 N–H and O–H groups in total. The molecule has 3 rings (SSSR count). The Kier molecular flexibility index (Phi) is 5.17. The molecule has 2 aliphatic rings. The smallest absolute Gasteiger partial charge is 0.323 e. The molecule has 1 spiro atoms. The highest BCUT2D eigenvalue weighted by Gasteiger charge is 2.55. The molecule has 0 unspecified atom stereocenters. The molecule has 1 aromatic carbocycles. The van der Waals surface area contributed by atoms with Crippen molar-refractivity contribution in [2.75, 3.05) is 6.54 Å². The zero-order valence-corrected chi connectivity index (χ0v) is 15.9. The first kappa shape index (κ1) is 18.6. The van der Waals surface area contributed by atoms with Gasteiger partial charge in [-0.25, -0.2) is 4.79 Å². The zero-order valence-electron chi connectivity index (χ0n) is 15.9. The van der Waals surface area contributed by atoms with E-state index in [1.165, 1.54) is 0 Å². The molecule has 1 saturated carbocycles. The van der Waals surface area contributed by atoms with Crippen molar-refractivity contribution in [3.63, 3.8) is 0 Å². The molecule has 5 nitrogen and oxygen atoms in total. The summed E-state index contributed by atoms with van der Waals surface area (Å²) in [5, 5.41) is 2.91. The van der Waals surface area contributed by atoms with Crippen molar-refractivity contribution < 1.29 is 14.4 Å². The fourth-order valence-electron chi connectivity index (χ4n) is 4.28. The molecule has 1 heterocycles. The van der Waals surface area contributed by atoms with Gasteiger partial charge in [0.05, 0.1) is 6.54 Å². The first-order valence-corrected chi connectivity index (χ1v) is 9.72. The summed E-state index contributed by atoms with van der Waals surface area (Å²) in [6, 6.07) is 5.48. The van der Waals surface area contributed by atoms with Gasteiger partial charge in [-0.3, -0.25) is 14.5 Å². The highest BCUT2D eigenvalue weighted by molar-refractivity contribution is 6.11. The summed E-state index contributed by atoms with van der Waals surface area (Å²) < 4.78 is 0. The van der Waals surface area contributed by atoms with Crippen LogP contribution < -0.4 is 5.32 Å². The second-order valence-electron chi connectivity index (χ2n) is 7.56. The minimum absolute atomic E-state index is 0.0995. The third-order valence-corrected chi connectivity index (χ3v) is 6.07. The van der Waals surface area contributed by atoms with E-state index in [-0.39, 0.29) is 24.2 Å². The maximum Gasteiger partial charge on any atom is 0.325 e. The average molecular weight is 356 g/mol. The minimum atomic E-state index is -0.811. The SMILES string of the molecule is CCc1ccc(CC)c(C(=O)CN2C(=O)N[C@@]3(CCCC[C@@H]3C)C2=O)c1. The Hall–Kier alpha value is -2.17. The molecule has 0 aromatic heterocycles. The maximum atomic E-state index is 13.0. The third kappa shape index (κ3) is 3.04. The Morgan fingerprint density at radius 3 is 2.65 bits per heavy atom.